The fourth-order valence-corrected chi connectivity index (χ4v) is 4.19. The van der Waals surface area contributed by atoms with Crippen LogP contribution >= 0.6 is 0 Å². The highest BCUT2D eigenvalue weighted by Gasteiger charge is 2.34. The molecule has 0 heterocycles. The highest BCUT2D eigenvalue weighted by atomic mass is 16.3. The molecule has 0 aromatic rings. The van der Waals surface area contributed by atoms with Crippen LogP contribution in [0.15, 0.2) is 0 Å². The molecule has 0 aromatic heterocycles. The summed E-state index contributed by atoms with van der Waals surface area (Å²) in [5.74, 6) is 1.34. The molecule has 2 fully saturated rings. The van der Waals surface area contributed by atoms with Crippen molar-refractivity contribution in [1.82, 2.24) is 4.90 Å². The molecule has 0 radical (unpaired) electrons. The summed E-state index contributed by atoms with van der Waals surface area (Å²) in [5.41, 5.74) is 0. The number of amides is 1. The van der Waals surface area contributed by atoms with E-state index in [1.165, 1.54) is 32.1 Å². The average molecular weight is 295 g/mol. The Labute approximate surface area is 130 Å². The normalized spacial score (nSPS) is 33.7. The van der Waals surface area contributed by atoms with Crippen molar-refractivity contribution in [3.8, 4) is 0 Å². The van der Waals surface area contributed by atoms with Crippen molar-refractivity contribution in [2.24, 2.45) is 11.8 Å². The SMILES string of the molecule is CCCCC1CCC(C(=O)N(C)C2CCCCC2O)CC1. The monoisotopic (exact) mass is 295 g/mol. The lowest BCUT2D eigenvalue weighted by Gasteiger charge is -2.38. The number of unbranched alkanes of at least 4 members (excludes halogenated alkanes) is 1. The third kappa shape index (κ3) is 4.45. The topological polar surface area (TPSA) is 40.5 Å². The third-order valence-electron chi connectivity index (χ3n) is 5.70. The van der Waals surface area contributed by atoms with Crippen molar-refractivity contribution in [1.29, 1.82) is 0 Å². The van der Waals surface area contributed by atoms with Gasteiger partial charge in [-0.3, -0.25) is 4.79 Å². The summed E-state index contributed by atoms with van der Waals surface area (Å²) in [6, 6.07) is 0.0593. The Morgan fingerprint density at radius 3 is 2.38 bits per heavy atom. The van der Waals surface area contributed by atoms with Crippen LogP contribution in [-0.4, -0.2) is 35.1 Å². The molecule has 3 heteroatoms. The zero-order valence-electron chi connectivity index (χ0n) is 13.9. The first-order valence-electron chi connectivity index (χ1n) is 9.08. The second-order valence-corrected chi connectivity index (χ2v) is 7.23. The van der Waals surface area contributed by atoms with Crippen LogP contribution in [0.25, 0.3) is 0 Å². The smallest absolute Gasteiger partial charge is 0.225 e. The summed E-state index contributed by atoms with van der Waals surface area (Å²) in [7, 11) is 1.91. The van der Waals surface area contributed by atoms with E-state index < -0.39 is 0 Å². The molecule has 2 rings (SSSR count). The van der Waals surface area contributed by atoms with Crippen LogP contribution in [0, 0.1) is 11.8 Å². The van der Waals surface area contributed by atoms with Crippen molar-refractivity contribution in [3.63, 3.8) is 0 Å². The van der Waals surface area contributed by atoms with Gasteiger partial charge in [-0.2, -0.15) is 0 Å². The molecular formula is C18H33NO2. The first-order chi connectivity index (χ1) is 10.1. The Morgan fingerprint density at radius 1 is 1.10 bits per heavy atom. The molecule has 0 aromatic carbocycles. The minimum Gasteiger partial charge on any atom is -0.391 e. The Hall–Kier alpha value is -0.570. The highest BCUT2D eigenvalue weighted by molar-refractivity contribution is 5.79. The molecule has 2 atom stereocenters. The van der Waals surface area contributed by atoms with Gasteiger partial charge in [-0.25, -0.2) is 0 Å². The van der Waals surface area contributed by atoms with E-state index >= 15 is 0 Å². The molecule has 2 saturated carbocycles. The number of rotatable bonds is 5. The second kappa shape index (κ2) is 8.17. The van der Waals surface area contributed by atoms with Gasteiger partial charge in [0.15, 0.2) is 0 Å². The van der Waals surface area contributed by atoms with Gasteiger partial charge in [0.2, 0.25) is 5.91 Å². The Morgan fingerprint density at radius 2 is 1.76 bits per heavy atom. The number of hydrogen-bond acceptors (Lipinski definition) is 2. The predicted octanol–water partition coefficient (Wildman–Crippen LogP) is 3.74. The lowest BCUT2D eigenvalue weighted by atomic mass is 9.79. The summed E-state index contributed by atoms with van der Waals surface area (Å²) in [6.45, 7) is 2.25. The van der Waals surface area contributed by atoms with E-state index in [9.17, 15) is 9.90 Å². The Balaban J connectivity index is 1.80. The van der Waals surface area contributed by atoms with Crippen molar-refractivity contribution < 1.29 is 9.90 Å². The minimum atomic E-state index is -0.311. The maximum Gasteiger partial charge on any atom is 0.225 e. The molecule has 2 aliphatic rings. The second-order valence-electron chi connectivity index (χ2n) is 7.23. The molecule has 0 bridgehead atoms. The van der Waals surface area contributed by atoms with E-state index in [4.69, 9.17) is 0 Å². The number of aliphatic hydroxyl groups is 1. The molecule has 0 spiro atoms. The van der Waals surface area contributed by atoms with Gasteiger partial charge in [-0.15, -0.1) is 0 Å². The van der Waals surface area contributed by atoms with Crippen molar-refractivity contribution in [2.45, 2.75) is 89.7 Å². The van der Waals surface area contributed by atoms with Crippen LogP contribution in [0.2, 0.25) is 0 Å². The number of aliphatic hydroxyl groups excluding tert-OH is 1. The fraction of sp³-hybridized carbons (Fsp3) is 0.944. The number of hydrogen-bond donors (Lipinski definition) is 1. The van der Waals surface area contributed by atoms with Crippen LogP contribution in [0.1, 0.15) is 77.6 Å². The fourth-order valence-electron chi connectivity index (χ4n) is 4.19. The maximum atomic E-state index is 12.7. The number of nitrogens with zero attached hydrogens (tertiary/aromatic N) is 1. The summed E-state index contributed by atoms with van der Waals surface area (Å²) in [4.78, 5) is 14.6. The van der Waals surface area contributed by atoms with Gasteiger partial charge in [0.1, 0.15) is 0 Å². The summed E-state index contributed by atoms with van der Waals surface area (Å²) in [6.07, 6.45) is 12.3. The third-order valence-corrected chi connectivity index (χ3v) is 5.70. The van der Waals surface area contributed by atoms with E-state index in [0.717, 1.165) is 44.4 Å². The zero-order chi connectivity index (χ0) is 15.2. The van der Waals surface area contributed by atoms with Crippen molar-refractivity contribution in [3.05, 3.63) is 0 Å². The van der Waals surface area contributed by atoms with Gasteiger partial charge < -0.3 is 10.0 Å². The number of carbonyl (C=O) groups is 1. The van der Waals surface area contributed by atoms with Crippen molar-refractivity contribution >= 4 is 5.91 Å². The van der Waals surface area contributed by atoms with Gasteiger partial charge in [-0.1, -0.05) is 39.0 Å². The molecule has 1 amide bonds. The molecule has 0 saturated heterocycles. The highest BCUT2D eigenvalue weighted by Crippen LogP contribution is 2.34. The van der Waals surface area contributed by atoms with Gasteiger partial charge in [0, 0.05) is 13.0 Å². The molecule has 21 heavy (non-hydrogen) atoms. The minimum absolute atomic E-state index is 0.0593. The molecule has 122 valence electrons. The zero-order valence-corrected chi connectivity index (χ0v) is 13.9. The number of likely N-dealkylation sites (N-methyl/N-ethyl adjacent to an activating group) is 1. The lowest BCUT2D eigenvalue weighted by molar-refractivity contribution is -0.141. The molecular weight excluding hydrogens is 262 g/mol. The molecule has 2 aliphatic carbocycles. The summed E-state index contributed by atoms with van der Waals surface area (Å²) in [5, 5.41) is 10.1. The van der Waals surface area contributed by atoms with Crippen LogP contribution in [0.5, 0.6) is 0 Å². The van der Waals surface area contributed by atoms with Crippen LogP contribution in [0.4, 0.5) is 0 Å². The average Bonchev–Trinajstić information content (AvgIpc) is 2.52. The number of carbonyl (C=O) groups excluding carboxylic acids is 1. The summed E-state index contributed by atoms with van der Waals surface area (Å²) >= 11 is 0. The Kier molecular flexibility index (Phi) is 6.53. The van der Waals surface area contributed by atoms with Gasteiger partial charge in [0.25, 0.3) is 0 Å². The van der Waals surface area contributed by atoms with Gasteiger partial charge in [0.05, 0.1) is 12.1 Å². The van der Waals surface area contributed by atoms with Crippen LogP contribution < -0.4 is 0 Å². The van der Waals surface area contributed by atoms with Crippen LogP contribution in [-0.2, 0) is 4.79 Å². The Bertz CT molecular complexity index is 323. The largest absolute Gasteiger partial charge is 0.391 e. The standard InChI is InChI=1S/C18H33NO2/c1-3-4-7-14-10-12-15(13-11-14)18(21)19(2)16-8-5-6-9-17(16)20/h14-17,20H,3-13H2,1-2H3. The predicted molar refractivity (Wildman–Crippen MR) is 86.0 cm³/mol. The first-order valence-corrected chi connectivity index (χ1v) is 9.08. The molecule has 2 unspecified atom stereocenters. The van der Waals surface area contributed by atoms with E-state index in [1.807, 2.05) is 11.9 Å². The van der Waals surface area contributed by atoms with Gasteiger partial charge in [-0.05, 0) is 44.4 Å². The van der Waals surface area contributed by atoms with E-state index in [2.05, 4.69) is 6.92 Å². The van der Waals surface area contributed by atoms with Crippen LogP contribution in [0.3, 0.4) is 0 Å². The van der Waals surface area contributed by atoms with E-state index in [1.54, 1.807) is 0 Å². The quantitative estimate of drug-likeness (QED) is 0.839. The molecule has 1 N–H and O–H groups in total. The van der Waals surface area contributed by atoms with Gasteiger partial charge >= 0.3 is 0 Å². The first kappa shape index (κ1) is 16.8. The van der Waals surface area contributed by atoms with Crippen molar-refractivity contribution in [2.75, 3.05) is 7.05 Å². The molecule has 0 aliphatic heterocycles. The maximum absolute atomic E-state index is 12.7. The molecule has 3 nitrogen and oxygen atoms in total. The summed E-state index contributed by atoms with van der Waals surface area (Å²) < 4.78 is 0. The van der Waals surface area contributed by atoms with E-state index in [0.29, 0.717) is 0 Å². The van der Waals surface area contributed by atoms with E-state index in [-0.39, 0.29) is 24.0 Å². The lowest BCUT2D eigenvalue weighted by Crippen LogP contribution is -2.48.